The Balaban J connectivity index is 3.81. The third-order valence-corrected chi connectivity index (χ3v) is 3.01. The Bertz CT molecular complexity index is 208. The lowest BCUT2D eigenvalue weighted by molar-refractivity contribution is 0.597. The molecular weight excluding hydrogens is 170 g/mol. The van der Waals surface area contributed by atoms with Gasteiger partial charge in [-0.15, -0.1) is 0 Å². The van der Waals surface area contributed by atoms with Crippen molar-refractivity contribution in [1.29, 1.82) is 0 Å². The molecule has 0 aliphatic rings. The Morgan fingerprint density at radius 3 is 2.40 bits per heavy atom. The first-order valence-electron chi connectivity index (χ1n) is 2.96. The molecule has 0 atom stereocenters. The summed E-state index contributed by atoms with van der Waals surface area (Å²) in [6.45, 7) is 1.61. The van der Waals surface area contributed by atoms with Gasteiger partial charge in [0.05, 0.1) is 10.7 Å². The zero-order chi connectivity index (χ0) is 8.20. The van der Waals surface area contributed by atoms with E-state index in [9.17, 15) is 8.42 Å². The van der Waals surface area contributed by atoms with Crippen molar-refractivity contribution >= 4 is 27.0 Å². The minimum Gasteiger partial charge on any atom is -0.393 e. The minimum atomic E-state index is -2.88. The molecule has 0 aliphatic carbocycles. The van der Waals surface area contributed by atoms with Crippen LogP contribution in [-0.2, 0) is 9.84 Å². The fraction of sp³-hybridized carbons (Fsp3) is 0.800. The van der Waals surface area contributed by atoms with E-state index in [4.69, 9.17) is 5.73 Å². The maximum atomic E-state index is 10.8. The molecule has 0 saturated carbocycles. The fourth-order valence-electron chi connectivity index (χ4n) is 0.400. The van der Waals surface area contributed by atoms with Gasteiger partial charge in [0.1, 0.15) is 9.84 Å². The van der Waals surface area contributed by atoms with Crippen LogP contribution in [-0.4, -0.2) is 24.9 Å². The van der Waals surface area contributed by atoms with E-state index in [-0.39, 0.29) is 16.5 Å². The number of sulfone groups is 1. The first-order valence-corrected chi connectivity index (χ1v) is 5.19. The van der Waals surface area contributed by atoms with E-state index >= 15 is 0 Å². The van der Waals surface area contributed by atoms with Crippen LogP contribution in [0.2, 0.25) is 0 Å². The van der Waals surface area contributed by atoms with Gasteiger partial charge in [0.25, 0.3) is 0 Å². The molecule has 60 valence electrons. The Morgan fingerprint density at radius 1 is 1.60 bits per heavy atom. The van der Waals surface area contributed by atoms with E-state index in [1.165, 1.54) is 0 Å². The summed E-state index contributed by atoms with van der Waals surface area (Å²) in [5.41, 5.74) is 5.12. The van der Waals surface area contributed by atoms with E-state index in [1.54, 1.807) is 6.92 Å². The highest BCUT2D eigenvalue weighted by atomic mass is 32.2. The fourth-order valence-corrected chi connectivity index (χ4v) is 1.45. The minimum absolute atomic E-state index is 0.0822. The van der Waals surface area contributed by atoms with Gasteiger partial charge in [0, 0.05) is 12.2 Å². The zero-order valence-electron chi connectivity index (χ0n) is 5.83. The maximum absolute atomic E-state index is 10.8. The standard InChI is InChI=1S/C5H11NO2S2/c1-2-10(7,8)4-3-5(6)9/h2-4H2,1H3,(H2,6,9). The average molecular weight is 181 g/mol. The summed E-state index contributed by atoms with van der Waals surface area (Å²) in [5.74, 6) is 0.244. The second kappa shape index (κ2) is 3.88. The SMILES string of the molecule is CCS(=O)(=O)CCC(N)=S. The molecule has 2 N–H and O–H groups in total. The summed E-state index contributed by atoms with van der Waals surface area (Å²) in [6.07, 6.45) is 0.297. The third-order valence-electron chi connectivity index (χ3n) is 1.10. The highest BCUT2D eigenvalue weighted by molar-refractivity contribution is 7.91. The lowest BCUT2D eigenvalue weighted by atomic mass is 10.5. The van der Waals surface area contributed by atoms with Gasteiger partial charge in [0.15, 0.2) is 0 Å². The van der Waals surface area contributed by atoms with Crippen LogP contribution < -0.4 is 5.73 Å². The molecule has 0 aromatic heterocycles. The van der Waals surface area contributed by atoms with E-state index in [0.29, 0.717) is 6.42 Å². The second-order valence-corrected chi connectivity index (χ2v) is 4.95. The number of nitrogens with two attached hydrogens (primary N) is 1. The average Bonchev–Trinajstić information content (AvgIpc) is 1.85. The molecular formula is C5H11NO2S2. The number of hydrogen-bond acceptors (Lipinski definition) is 3. The molecule has 0 fully saturated rings. The predicted octanol–water partition coefficient (Wildman–Crippen LogP) is 0.0973. The van der Waals surface area contributed by atoms with Crippen LogP contribution in [0.3, 0.4) is 0 Å². The molecule has 0 bridgehead atoms. The quantitative estimate of drug-likeness (QED) is 0.625. The summed E-state index contributed by atoms with van der Waals surface area (Å²) in [5, 5.41) is 0. The van der Waals surface area contributed by atoms with E-state index in [1.807, 2.05) is 0 Å². The summed E-state index contributed by atoms with van der Waals surface area (Å²) in [7, 11) is -2.88. The van der Waals surface area contributed by atoms with Crippen molar-refractivity contribution in [3.8, 4) is 0 Å². The highest BCUT2D eigenvalue weighted by Crippen LogP contribution is 1.92. The lowest BCUT2D eigenvalue weighted by Crippen LogP contribution is -2.16. The van der Waals surface area contributed by atoms with Crippen molar-refractivity contribution in [2.75, 3.05) is 11.5 Å². The molecule has 5 heteroatoms. The Labute approximate surface area is 66.5 Å². The van der Waals surface area contributed by atoms with Gasteiger partial charge in [-0.25, -0.2) is 8.42 Å². The smallest absolute Gasteiger partial charge is 0.150 e. The number of hydrogen-bond donors (Lipinski definition) is 1. The molecule has 0 spiro atoms. The van der Waals surface area contributed by atoms with Crippen LogP contribution in [0.25, 0.3) is 0 Å². The van der Waals surface area contributed by atoms with Gasteiger partial charge < -0.3 is 5.73 Å². The molecule has 0 aromatic rings. The van der Waals surface area contributed by atoms with Gasteiger partial charge >= 0.3 is 0 Å². The van der Waals surface area contributed by atoms with Gasteiger partial charge in [-0.05, 0) is 0 Å². The number of thiocarbonyl (C=S) groups is 1. The maximum Gasteiger partial charge on any atom is 0.150 e. The Kier molecular flexibility index (Phi) is 3.81. The van der Waals surface area contributed by atoms with Crippen molar-refractivity contribution in [3.63, 3.8) is 0 Å². The molecule has 0 unspecified atom stereocenters. The van der Waals surface area contributed by atoms with E-state index < -0.39 is 9.84 Å². The molecule has 0 amide bonds. The van der Waals surface area contributed by atoms with Crippen LogP contribution in [0.1, 0.15) is 13.3 Å². The molecule has 0 rings (SSSR count). The second-order valence-electron chi connectivity index (χ2n) is 1.95. The Hall–Kier alpha value is -0.160. The van der Waals surface area contributed by atoms with Crippen LogP contribution in [0, 0.1) is 0 Å². The van der Waals surface area contributed by atoms with E-state index in [2.05, 4.69) is 12.2 Å². The molecule has 0 aliphatic heterocycles. The zero-order valence-corrected chi connectivity index (χ0v) is 7.46. The topological polar surface area (TPSA) is 60.2 Å². The summed E-state index contributed by atoms with van der Waals surface area (Å²) in [4.78, 5) is 0.261. The molecule has 0 saturated heterocycles. The molecule has 3 nitrogen and oxygen atoms in total. The first kappa shape index (κ1) is 9.84. The van der Waals surface area contributed by atoms with Gasteiger partial charge in [-0.1, -0.05) is 19.1 Å². The molecule has 0 aromatic carbocycles. The van der Waals surface area contributed by atoms with Crippen molar-refractivity contribution in [2.45, 2.75) is 13.3 Å². The Morgan fingerprint density at radius 2 is 2.10 bits per heavy atom. The molecule has 10 heavy (non-hydrogen) atoms. The van der Waals surface area contributed by atoms with Crippen LogP contribution in [0.5, 0.6) is 0 Å². The monoisotopic (exact) mass is 181 g/mol. The van der Waals surface area contributed by atoms with Crippen LogP contribution in [0.15, 0.2) is 0 Å². The van der Waals surface area contributed by atoms with Gasteiger partial charge in [-0.3, -0.25) is 0 Å². The van der Waals surface area contributed by atoms with Crippen LogP contribution in [0.4, 0.5) is 0 Å². The summed E-state index contributed by atoms with van der Waals surface area (Å²) in [6, 6.07) is 0. The van der Waals surface area contributed by atoms with E-state index in [0.717, 1.165) is 0 Å². The van der Waals surface area contributed by atoms with Crippen molar-refractivity contribution < 1.29 is 8.42 Å². The molecule has 0 heterocycles. The van der Waals surface area contributed by atoms with Crippen molar-refractivity contribution in [1.82, 2.24) is 0 Å². The highest BCUT2D eigenvalue weighted by Gasteiger charge is 2.06. The largest absolute Gasteiger partial charge is 0.393 e. The molecule has 0 radical (unpaired) electrons. The third kappa shape index (κ3) is 4.69. The normalized spacial score (nSPS) is 11.3. The predicted molar refractivity (Wildman–Crippen MR) is 45.7 cm³/mol. The van der Waals surface area contributed by atoms with Crippen molar-refractivity contribution in [2.24, 2.45) is 5.73 Å². The summed E-state index contributed by atoms with van der Waals surface area (Å²) < 4.78 is 21.6. The van der Waals surface area contributed by atoms with Crippen LogP contribution >= 0.6 is 12.2 Å². The first-order chi connectivity index (χ1) is 4.48. The van der Waals surface area contributed by atoms with Crippen molar-refractivity contribution in [3.05, 3.63) is 0 Å². The van der Waals surface area contributed by atoms with Gasteiger partial charge in [0.2, 0.25) is 0 Å². The summed E-state index contributed by atoms with van der Waals surface area (Å²) >= 11 is 4.52. The number of rotatable bonds is 4. The van der Waals surface area contributed by atoms with Gasteiger partial charge in [-0.2, -0.15) is 0 Å². The lowest BCUT2D eigenvalue weighted by Gasteiger charge is -1.97.